The van der Waals surface area contributed by atoms with Gasteiger partial charge >= 0.3 is 0 Å². The van der Waals surface area contributed by atoms with Gasteiger partial charge in [-0.25, -0.2) is 9.67 Å². The van der Waals surface area contributed by atoms with Crippen LogP contribution in [0, 0.1) is 0 Å². The standard InChI is InChI=1S/C25H23N5O2S/c31-17-20-6-1-2-7-22(20)25(33-18-24(32)29-23-8-3-4-13-26-23)27-16-19-9-11-21(12-10-19)30-15-5-14-28-30/h1-15,17,25,27H,16,18H2,(H,26,29,32). The summed E-state index contributed by atoms with van der Waals surface area (Å²) in [7, 11) is 0. The van der Waals surface area contributed by atoms with Crippen LogP contribution in [0.5, 0.6) is 0 Å². The summed E-state index contributed by atoms with van der Waals surface area (Å²) in [5.74, 6) is 0.565. The van der Waals surface area contributed by atoms with Gasteiger partial charge in [-0.3, -0.25) is 14.9 Å². The van der Waals surface area contributed by atoms with E-state index in [1.807, 2.05) is 60.8 Å². The van der Waals surface area contributed by atoms with Gasteiger partial charge in [0, 0.05) is 30.7 Å². The third kappa shape index (κ3) is 6.15. The molecule has 2 aromatic carbocycles. The third-order valence-corrected chi connectivity index (χ3v) is 6.10. The molecule has 2 N–H and O–H groups in total. The van der Waals surface area contributed by atoms with Gasteiger partial charge in [0.2, 0.25) is 5.91 Å². The smallest absolute Gasteiger partial charge is 0.235 e. The average molecular weight is 458 g/mol. The maximum Gasteiger partial charge on any atom is 0.235 e. The molecule has 33 heavy (non-hydrogen) atoms. The first-order valence-electron chi connectivity index (χ1n) is 10.4. The fourth-order valence-corrected chi connectivity index (χ4v) is 4.27. The van der Waals surface area contributed by atoms with Gasteiger partial charge in [-0.2, -0.15) is 5.10 Å². The van der Waals surface area contributed by atoms with Gasteiger partial charge in [-0.1, -0.05) is 42.5 Å². The molecule has 7 nitrogen and oxygen atoms in total. The molecule has 0 radical (unpaired) electrons. The molecule has 0 aliphatic carbocycles. The lowest BCUT2D eigenvalue weighted by molar-refractivity contribution is -0.113. The van der Waals surface area contributed by atoms with Crippen LogP contribution in [0.2, 0.25) is 0 Å². The molecule has 0 bridgehead atoms. The van der Waals surface area contributed by atoms with Crippen LogP contribution in [0.25, 0.3) is 5.69 Å². The maximum atomic E-state index is 12.4. The first-order valence-corrected chi connectivity index (χ1v) is 11.5. The number of hydrogen-bond donors (Lipinski definition) is 2. The monoisotopic (exact) mass is 457 g/mol. The van der Waals surface area contributed by atoms with Crippen molar-refractivity contribution in [3.63, 3.8) is 0 Å². The molecule has 1 atom stereocenters. The summed E-state index contributed by atoms with van der Waals surface area (Å²) in [6, 6.07) is 22.7. The van der Waals surface area contributed by atoms with E-state index in [9.17, 15) is 9.59 Å². The zero-order valence-corrected chi connectivity index (χ0v) is 18.6. The fourth-order valence-electron chi connectivity index (χ4n) is 3.29. The van der Waals surface area contributed by atoms with Gasteiger partial charge in [0.25, 0.3) is 0 Å². The summed E-state index contributed by atoms with van der Waals surface area (Å²) >= 11 is 1.43. The van der Waals surface area contributed by atoms with Crippen molar-refractivity contribution < 1.29 is 9.59 Å². The summed E-state index contributed by atoms with van der Waals surface area (Å²) in [5.41, 5.74) is 3.50. The molecule has 2 aromatic heterocycles. The van der Waals surface area contributed by atoms with E-state index in [2.05, 4.69) is 20.7 Å². The fraction of sp³-hybridized carbons (Fsp3) is 0.120. The van der Waals surface area contributed by atoms with Crippen molar-refractivity contribution in [2.75, 3.05) is 11.1 Å². The summed E-state index contributed by atoms with van der Waals surface area (Å²) in [6.45, 7) is 0.576. The Morgan fingerprint density at radius 3 is 2.55 bits per heavy atom. The zero-order chi connectivity index (χ0) is 22.9. The third-order valence-electron chi connectivity index (χ3n) is 4.92. The van der Waals surface area contributed by atoms with Crippen molar-refractivity contribution in [3.8, 4) is 5.69 Å². The normalized spacial score (nSPS) is 11.6. The highest BCUT2D eigenvalue weighted by Gasteiger charge is 2.17. The van der Waals surface area contributed by atoms with Crippen LogP contribution in [-0.4, -0.2) is 32.7 Å². The highest BCUT2D eigenvalue weighted by molar-refractivity contribution is 8.00. The molecule has 8 heteroatoms. The molecule has 0 spiro atoms. The number of carbonyl (C=O) groups excluding carboxylic acids is 2. The Morgan fingerprint density at radius 1 is 1.00 bits per heavy atom. The van der Waals surface area contributed by atoms with Crippen molar-refractivity contribution in [3.05, 3.63) is 108 Å². The van der Waals surface area contributed by atoms with E-state index in [0.29, 0.717) is 17.9 Å². The summed E-state index contributed by atoms with van der Waals surface area (Å²) in [6.07, 6.45) is 6.11. The topological polar surface area (TPSA) is 88.9 Å². The second-order valence-electron chi connectivity index (χ2n) is 7.20. The molecule has 1 amide bonds. The van der Waals surface area contributed by atoms with Crippen LogP contribution in [0.15, 0.2) is 91.4 Å². The van der Waals surface area contributed by atoms with Crippen molar-refractivity contribution in [2.45, 2.75) is 11.9 Å². The minimum Gasteiger partial charge on any atom is -0.310 e. The number of benzene rings is 2. The molecular weight excluding hydrogens is 434 g/mol. The Balaban J connectivity index is 1.43. The van der Waals surface area contributed by atoms with Gasteiger partial charge in [0.1, 0.15) is 12.1 Å². The first-order chi connectivity index (χ1) is 16.2. The molecule has 4 rings (SSSR count). The van der Waals surface area contributed by atoms with Crippen LogP contribution in [-0.2, 0) is 11.3 Å². The molecule has 0 saturated heterocycles. The van der Waals surface area contributed by atoms with Gasteiger partial charge in [-0.05, 0) is 41.5 Å². The number of anilines is 1. The van der Waals surface area contributed by atoms with Crippen LogP contribution < -0.4 is 10.6 Å². The number of amides is 1. The van der Waals surface area contributed by atoms with E-state index in [4.69, 9.17) is 0 Å². The van der Waals surface area contributed by atoms with Gasteiger partial charge in [0.05, 0.1) is 16.8 Å². The molecule has 0 saturated carbocycles. The summed E-state index contributed by atoms with van der Waals surface area (Å²) in [5, 5.41) is 10.3. The van der Waals surface area contributed by atoms with Gasteiger partial charge in [-0.15, -0.1) is 11.8 Å². The molecule has 0 fully saturated rings. The van der Waals surface area contributed by atoms with E-state index in [-0.39, 0.29) is 17.0 Å². The lowest BCUT2D eigenvalue weighted by atomic mass is 10.1. The Morgan fingerprint density at radius 2 is 1.82 bits per heavy atom. The van der Waals surface area contributed by atoms with Crippen molar-refractivity contribution in [2.24, 2.45) is 0 Å². The summed E-state index contributed by atoms with van der Waals surface area (Å²) in [4.78, 5) is 28.2. The van der Waals surface area contributed by atoms with E-state index >= 15 is 0 Å². The van der Waals surface area contributed by atoms with Crippen LogP contribution in [0.3, 0.4) is 0 Å². The first kappa shape index (κ1) is 22.4. The minimum absolute atomic E-state index is 0.155. The van der Waals surface area contributed by atoms with Gasteiger partial charge < -0.3 is 5.32 Å². The largest absolute Gasteiger partial charge is 0.310 e. The van der Waals surface area contributed by atoms with Gasteiger partial charge in [0.15, 0.2) is 0 Å². The van der Waals surface area contributed by atoms with E-state index in [1.165, 1.54) is 11.8 Å². The second-order valence-corrected chi connectivity index (χ2v) is 8.29. The SMILES string of the molecule is O=Cc1ccccc1C(NCc1ccc(-n2cccn2)cc1)SCC(=O)Nc1ccccn1. The zero-order valence-electron chi connectivity index (χ0n) is 17.8. The molecular formula is C25H23N5O2S. The number of pyridine rings is 1. The predicted octanol–water partition coefficient (Wildman–Crippen LogP) is 4.24. The number of thioether (sulfide) groups is 1. The van der Waals surface area contributed by atoms with Crippen LogP contribution >= 0.6 is 11.8 Å². The van der Waals surface area contributed by atoms with E-state index < -0.39 is 0 Å². The van der Waals surface area contributed by atoms with Crippen molar-refractivity contribution in [1.29, 1.82) is 0 Å². The van der Waals surface area contributed by atoms with E-state index in [0.717, 1.165) is 23.1 Å². The highest BCUT2D eigenvalue weighted by Crippen LogP contribution is 2.29. The summed E-state index contributed by atoms with van der Waals surface area (Å²) < 4.78 is 1.80. The second kappa shape index (κ2) is 11.2. The number of carbonyl (C=O) groups is 2. The molecule has 1 unspecified atom stereocenters. The quantitative estimate of drug-likeness (QED) is 0.274. The van der Waals surface area contributed by atoms with Crippen molar-refractivity contribution >= 4 is 29.8 Å². The lowest BCUT2D eigenvalue weighted by Gasteiger charge is -2.20. The number of nitrogens with one attached hydrogen (secondary N) is 2. The molecule has 0 aliphatic heterocycles. The highest BCUT2D eigenvalue weighted by atomic mass is 32.2. The maximum absolute atomic E-state index is 12.4. The van der Waals surface area contributed by atoms with Crippen LogP contribution in [0.4, 0.5) is 5.82 Å². The Kier molecular flexibility index (Phi) is 7.63. The molecule has 166 valence electrons. The molecule has 2 heterocycles. The number of hydrogen-bond acceptors (Lipinski definition) is 6. The number of aldehydes is 1. The average Bonchev–Trinajstić information content (AvgIpc) is 3.40. The van der Waals surface area contributed by atoms with Crippen molar-refractivity contribution in [1.82, 2.24) is 20.1 Å². The Hall–Kier alpha value is -3.75. The number of rotatable bonds is 10. The number of aromatic nitrogens is 3. The molecule has 0 aliphatic rings. The molecule has 4 aromatic rings. The van der Waals surface area contributed by atoms with E-state index in [1.54, 1.807) is 35.3 Å². The minimum atomic E-state index is -0.244. The number of nitrogens with zero attached hydrogens (tertiary/aromatic N) is 3. The van der Waals surface area contributed by atoms with Crippen LogP contribution in [0.1, 0.15) is 26.9 Å². The lowest BCUT2D eigenvalue weighted by Crippen LogP contribution is -2.23. The Bertz CT molecular complexity index is 1180. The predicted molar refractivity (Wildman–Crippen MR) is 130 cm³/mol. The Labute approximate surface area is 196 Å².